The van der Waals surface area contributed by atoms with E-state index in [1.54, 1.807) is 0 Å². The highest BCUT2D eigenvalue weighted by molar-refractivity contribution is 8.01. The lowest BCUT2D eigenvalue weighted by Gasteiger charge is -2.49. The summed E-state index contributed by atoms with van der Waals surface area (Å²) in [6, 6.07) is -0.794. The molecular weight excluding hydrogens is 454 g/mol. The van der Waals surface area contributed by atoms with Crippen LogP contribution in [0.4, 0.5) is 0 Å². The molecule has 2 amide bonds. The van der Waals surface area contributed by atoms with E-state index in [4.69, 9.17) is 5.73 Å². The van der Waals surface area contributed by atoms with Crippen LogP contribution in [0.3, 0.4) is 0 Å². The number of carbonyl (C=O) groups is 3. The highest BCUT2D eigenvalue weighted by atomic mass is 32.2. The molecule has 0 spiro atoms. The van der Waals surface area contributed by atoms with E-state index >= 15 is 0 Å². The average molecular weight is 470 g/mol. The lowest BCUT2D eigenvalue weighted by atomic mass is 10.0. The monoisotopic (exact) mass is 469 g/mol. The maximum atomic E-state index is 12.6. The maximum Gasteiger partial charge on any atom is 0.352 e. The van der Waals surface area contributed by atoms with Gasteiger partial charge in [-0.1, -0.05) is 23.1 Å². The number of aliphatic carboxylic acids is 1. The summed E-state index contributed by atoms with van der Waals surface area (Å²) in [5.41, 5.74) is 6.11. The van der Waals surface area contributed by atoms with Gasteiger partial charge in [-0.15, -0.1) is 27.1 Å². The van der Waals surface area contributed by atoms with E-state index < -0.39 is 29.2 Å². The summed E-state index contributed by atoms with van der Waals surface area (Å²) < 4.78 is 1.91. The zero-order valence-corrected chi connectivity index (χ0v) is 17.6. The molecule has 0 bridgehead atoms. The largest absolute Gasteiger partial charge is 0.477 e. The number of carboxylic acids is 1. The van der Waals surface area contributed by atoms with E-state index in [1.807, 2.05) is 0 Å². The third-order valence-corrected chi connectivity index (χ3v) is 7.76. The quantitative estimate of drug-likeness (QED) is 0.301. The molecule has 0 saturated carbocycles. The van der Waals surface area contributed by atoms with E-state index in [0.717, 1.165) is 0 Å². The second-order valence-corrected chi connectivity index (χ2v) is 9.56. The first-order chi connectivity index (χ1) is 14.5. The van der Waals surface area contributed by atoms with Gasteiger partial charge < -0.3 is 16.2 Å². The molecule has 4 heterocycles. The van der Waals surface area contributed by atoms with Crippen LogP contribution in [0.5, 0.6) is 0 Å². The molecule has 0 radical (unpaired) electrons. The number of nitrogens with zero attached hydrogens (tertiary/aromatic N) is 7. The number of carboxylic acid groups (broad SMARTS) is 1. The smallest absolute Gasteiger partial charge is 0.352 e. The average Bonchev–Trinajstić information content (AvgIpc) is 3.41. The molecule has 2 aliphatic heterocycles. The van der Waals surface area contributed by atoms with Gasteiger partial charge in [-0.2, -0.15) is 0 Å². The molecule has 4 N–H and O–H groups in total. The Morgan fingerprint density at radius 2 is 2.23 bits per heavy atom. The minimum absolute atomic E-state index is 0.0363. The number of amides is 2. The molecule has 2 aliphatic rings. The van der Waals surface area contributed by atoms with Crippen LogP contribution in [0.2, 0.25) is 0 Å². The van der Waals surface area contributed by atoms with Crippen molar-refractivity contribution in [1.29, 1.82) is 0 Å². The zero-order chi connectivity index (χ0) is 21.3. The van der Waals surface area contributed by atoms with Crippen LogP contribution in [0.25, 0.3) is 0 Å². The van der Waals surface area contributed by atoms with Crippen molar-refractivity contribution in [3.05, 3.63) is 22.6 Å². The number of nitrogens with two attached hydrogens (primary N) is 1. The predicted octanol–water partition coefficient (Wildman–Crippen LogP) is -1.49. The normalized spacial score (nSPS) is 20.7. The van der Waals surface area contributed by atoms with Crippen LogP contribution in [-0.2, 0) is 27.5 Å². The van der Waals surface area contributed by atoms with Crippen molar-refractivity contribution in [3.63, 3.8) is 0 Å². The number of fused-ring (bicyclic) bond motifs is 1. The van der Waals surface area contributed by atoms with Crippen LogP contribution in [0.1, 0.15) is 5.01 Å². The predicted molar refractivity (Wildman–Crippen MR) is 106 cm³/mol. The number of tetrazole rings is 1. The van der Waals surface area contributed by atoms with Crippen molar-refractivity contribution >= 4 is 52.6 Å². The van der Waals surface area contributed by atoms with Gasteiger partial charge in [0.1, 0.15) is 35.0 Å². The van der Waals surface area contributed by atoms with Crippen molar-refractivity contribution in [3.8, 4) is 0 Å². The molecule has 2 aromatic rings. The van der Waals surface area contributed by atoms with E-state index in [0.29, 0.717) is 33.0 Å². The lowest BCUT2D eigenvalue weighted by molar-refractivity contribution is -0.150. The molecule has 4 rings (SSSR count). The third-order valence-electron chi connectivity index (χ3n) is 4.26. The Kier molecular flexibility index (Phi) is 5.98. The van der Waals surface area contributed by atoms with E-state index in [9.17, 15) is 19.5 Å². The molecular formula is C14H15N9O4S3. The molecule has 1 unspecified atom stereocenters. The Hall–Kier alpha value is -2.56. The number of hydrogen-bond acceptors (Lipinski definition) is 12. The van der Waals surface area contributed by atoms with Gasteiger partial charge in [0.25, 0.3) is 5.91 Å². The highest BCUT2D eigenvalue weighted by Crippen LogP contribution is 2.41. The van der Waals surface area contributed by atoms with Gasteiger partial charge in [0.2, 0.25) is 5.91 Å². The topological polar surface area (TPSA) is 182 Å². The van der Waals surface area contributed by atoms with E-state index in [-0.39, 0.29) is 12.2 Å². The Labute approximate surface area is 181 Å². The van der Waals surface area contributed by atoms with Crippen molar-refractivity contribution in [2.45, 2.75) is 28.8 Å². The summed E-state index contributed by atoms with van der Waals surface area (Å²) >= 11 is 4.11. The summed E-state index contributed by atoms with van der Waals surface area (Å²) in [6.45, 7) is 0.159. The van der Waals surface area contributed by atoms with E-state index in [2.05, 4.69) is 31.0 Å². The standard InChI is InChI=1S/C14H15N9O4S3/c15-1-8-18-19-14(30-8)29-4-6-3-28-12-9(11(25)23(12)10(6)13(26)27)17-7(24)2-22-5-16-20-21-22/h5,9,12H,1-4,15H2,(H,17,24)(H,26,27)/t9?,12-/m0/s1. The summed E-state index contributed by atoms with van der Waals surface area (Å²) in [4.78, 5) is 37.9. The van der Waals surface area contributed by atoms with Gasteiger partial charge in [-0.3, -0.25) is 14.5 Å². The molecule has 30 heavy (non-hydrogen) atoms. The minimum Gasteiger partial charge on any atom is -0.477 e. The molecule has 1 fully saturated rings. The third kappa shape index (κ3) is 4.03. The fourth-order valence-corrected chi connectivity index (χ4v) is 6.20. The van der Waals surface area contributed by atoms with Crippen LogP contribution in [-0.4, -0.2) is 81.1 Å². The van der Waals surface area contributed by atoms with Gasteiger partial charge in [0.15, 0.2) is 4.34 Å². The summed E-state index contributed by atoms with van der Waals surface area (Å²) in [6.07, 6.45) is 1.29. The molecule has 0 aromatic carbocycles. The highest BCUT2D eigenvalue weighted by Gasteiger charge is 2.54. The molecule has 16 heteroatoms. The Bertz CT molecular complexity index is 1010. The Balaban J connectivity index is 1.43. The van der Waals surface area contributed by atoms with Crippen LogP contribution in [0, 0.1) is 0 Å². The van der Waals surface area contributed by atoms with Crippen molar-refractivity contribution in [1.82, 2.24) is 40.6 Å². The number of thioether (sulfide) groups is 2. The number of aromatic nitrogens is 6. The number of carbonyl (C=O) groups excluding carboxylic acids is 2. The van der Waals surface area contributed by atoms with Crippen LogP contribution >= 0.6 is 34.9 Å². The first kappa shape index (κ1) is 20.7. The summed E-state index contributed by atoms with van der Waals surface area (Å²) in [5.74, 6) is -1.29. The maximum absolute atomic E-state index is 12.6. The Morgan fingerprint density at radius 3 is 2.90 bits per heavy atom. The fourth-order valence-electron chi connectivity index (χ4n) is 2.94. The van der Waals surface area contributed by atoms with Gasteiger partial charge in [0, 0.05) is 18.1 Å². The summed E-state index contributed by atoms with van der Waals surface area (Å²) in [7, 11) is 0. The van der Waals surface area contributed by atoms with Crippen molar-refractivity contribution in [2.75, 3.05) is 11.5 Å². The molecule has 2 aromatic heterocycles. The van der Waals surface area contributed by atoms with E-state index in [1.165, 1.54) is 50.8 Å². The van der Waals surface area contributed by atoms with Gasteiger partial charge >= 0.3 is 5.97 Å². The van der Waals surface area contributed by atoms with Crippen molar-refractivity contribution in [2.24, 2.45) is 5.73 Å². The molecule has 2 atom stereocenters. The molecule has 158 valence electrons. The van der Waals surface area contributed by atoms with Gasteiger partial charge in [0.05, 0.1) is 0 Å². The summed E-state index contributed by atoms with van der Waals surface area (Å²) in [5, 5.41) is 31.0. The van der Waals surface area contributed by atoms with Gasteiger partial charge in [-0.05, 0) is 16.0 Å². The lowest BCUT2D eigenvalue weighted by Crippen LogP contribution is -2.70. The minimum atomic E-state index is -1.18. The first-order valence-electron chi connectivity index (χ1n) is 8.53. The van der Waals surface area contributed by atoms with Crippen LogP contribution in [0.15, 0.2) is 21.9 Å². The van der Waals surface area contributed by atoms with Crippen LogP contribution < -0.4 is 11.1 Å². The second kappa shape index (κ2) is 8.66. The molecule has 1 saturated heterocycles. The second-order valence-electron chi connectivity index (χ2n) is 6.17. The number of β-lactam (4-membered cyclic amide) rings is 1. The SMILES string of the molecule is NCc1nnc(SCC2=C(C(=O)O)N3C(=O)C(NC(=O)Cn4cnnn4)[C@@H]3SC2)s1. The van der Waals surface area contributed by atoms with Gasteiger partial charge in [-0.25, -0.2) is 9.48 Å². The number of rotatable bonds is 8. The first-order valence-corrected chi connectivity index (χ1v) is 11.4. The zero-order valence-electron chi connectivity index (χ0n) is 15.2. The molecule has 0 aliphatic carbocycles. The molecule has 13 nitrogen and oxygen atoms in total. The Morgan fingerprint density at radius 1 is 1.40 bits per heavy atom. The number of nitrogens with one attached hydrogen (secondary N) is 1. The fraction of sp³-hybridized carbons (Fsp3) is 0.429. The van der Waals surface area contributed by atoms with Crippen molar-refractivity contribution < 1.29 is 19.5 Å². The number of hydrogen-bond donors (Lipinski definition) is 3.